The maximum Gasteiger partial charge on any atom is 0.311 e. The highest BCUT2D eigenvalue weighted by Gasteiger charge is 2.83. The van der Waals surface area contributed by atoms with E-state index in [9.17, 15) is 4.79 Å². The number of para-hydroxylation sites is 1. The largest absolute Gasteiger partial charge is 0.469 e. The highest BCUT2D eigenvalue weighted by molar-refractivity contribution is 5.80. The number of esters is 1. The van der Waals surface area contributed by atoms with Gasteiger partial charge in [-0.3, -0.25) is 4.79 Å². The summed E-state index contributed by atoms with van der Waals surface area (Å²) in [4.78, 5) is 13.1. The Balaban J connectivity index is 1.66. The second-order valence-electron chi connectivity index (χ2n) is 9.99. The summed E-state index contributed by atoms with van der Waals surface area (Å²) in [7, 11) is 1.58. The molecule has 0 amide bonds. The van der Waals surface area contributed by atoms with Crippen LogP contribution < -0.4 is 5.32 Å². The zero-order valence-corrected chi connectivity index (χ0v) is 16.6. The summed E-state index contributed by atoms with van der Waals surface area (Å²) >= 11 is 0. The van der Waals surface area contributed by atoms with Crippen LogP contribution in [-0.2, 0) is 14.9 Å². The first-order valence-electron chi connectivity index (χ1n) is 10.9. The summed E-state index contributed by atoms with van der Waals surface area (Å²) in [5, 5.41) is 3.98. The maximum atomic E-state index is 13.1. The van der Waals surface area contributed by atoms with Crippen LogP contribution >= 0.6 is 0 Å². The normalized spacial score (nSPS) is 48.4. The summed E-state index contributed by atoms with van der Waals surface area (Å²) in [6.07, 6.45) is 7.23. The minimum absolute atomic E-state index is 0.0132. The van der Waals surface area contributed by atoms with Crippen LogP contribution in [0.15, 0.2) is 24.3 Å². The quantitative estimate of drug-likeness (QED) is 0.643. The molecule has 6 aliphatic rings. The van der Waals surface area contributed by atoms with Crippen LogP contribution in [-0.4, -0.2) is 48.8 Å². The molecule has 5 fully saturated rings. The average molecular weight is 368 g/mol. The van der Waals surface area contributed by atoms with Crippen LogP contribution in [0.25, 0.3) is 0 Å². The third-order valence-corrected chi connectivity index (χ3v) is 9.72. The lowest BCUT2D eigenvalue weighted by Gasteiger charge is -2.69. The lowest BCUT2D eigenvalue weighted by molar-refractivity contribution is -0.955. The first-order valence-corrected chi connectivity index (χ1v) is 10.9. The van der Waals surface area contributed by atoms with Gasteiger partial charge in [-0.25, -0.2) is 0 Å². The van der Waals surface area contributed by atoms with Gasteiger partial charge < -0.3 is 14.5 Å². The molecule has 3 aliphatic heterocycles. The Kier molecular flexibility index (Phi) is 2.97. The number of fused-ring (bicyclic) bond motifs is 3. The zero-order valence-electron chi connectivity index (χ0n) is 16.6. The monoisotopic (exact) mass is 367 g/mol. The first kappa shape index (κ1) is 16.4. The van der Waals surface area contributed by atoms with Crippen molar-refractivity contribution in [2.24, 2.45) is 11.3 Å². The van der Waals surface area contributed by atoms with E-state index in [0.717, 1.165) is 12.8 Å². The molecule has 144 valence electrons. The van der Waals surface area contributed by atoms with Gasteiger partial charge in [0.25, 0.3) is 0 Å². The highest BCUT2D eigenvalue weighted by Crippen LogP contribution is 2.75. The maximum absolute atomic E-state index is 13.1. The number of carbonyl (C=O) groups is 1. The van der Waals surface area contributed by atoms with E-state index in [2.05, 4.69) is 36.5 Å². The number of benzene rings is 1. The third-order valence-electron chi connectivity index (χ3n) is 9.72. The van der Waals surface area contributed by atoms with Crippen LogP contribution in [0.2, 0.25) is 0 Å². The van der Waals surface area contributed by atoms with Crippen molar-refractivity contribution in [3.8, 4) is 0 Å². The van der Waals surface area contributed by atoms with Gasteiger partial charge in [-0.15, -0.1) is 0 Å². The number of carbonyl (C=O) groups excluding carboxylic acids is 1. The number of hydrogen-bond donors (Lipinski definition) is 1. The van der Waals surface area contributed by atoms with E-state index in [-0.39, 0.29) is 22.8 Å². The van der Waals surface area contributed by atoms with Crippen molar-refractivity contribution in [2.45, 2.75) is 62.4 Å². The molecule has 1 N–H and O–H groups in total. The number of quaternary nitrogens is 1. The number of hydrogen-bond acceptors (Lipinski definition) is 3. The number of likely N-dealkylation sites (N-methyl/N-ethyl adjacent to an activating group) is 1. The zero-order chi connectivity index (χ0) is 18.5. The number of anilines is 1. The van der Waals surface area contributed by atoms with Crippen molar-refractivity contribution >= 4 is 11.7 Å². The Bertz CT molecular complexity index is 839. The number of nitrogens with one attached hydrogen (secondary N) is 1. The Morgan fingerprint density at radius 3 is 2.89 bits per heavy atom. The van der Waals surface area contributed by atoms with Crippen molar-refractivity contribution in [1.82, 2.24) is 0 Å². The van der Waals surface area contributed by atoms with Crippen LogP contribution in [0.1, 0.15) is 51.0 Å². The Hall–Kier alpha value is -1.55. The molecule has 3 saturated carbocycles. The molecule has 27 heavy (non-hydrogen) atoms. The summed E-state index contributed by atoms with van der Waals surface area (Å²) in [5.41, 5.74) is 3.04. The van der Waals surface area contributed by atoms with Crippen LogP contribution in [0.3, 0.4) is 0 Å². The molecule has 0 aromatic heterocycles. The fourth-order valence-electron chi connectivity index (χ4n) is 9.07. The van der Waals surface area contributed by atoms with E-state index in [4.69, 9.17) is 4.74 Å². The topological polar surface area (TPSA) is 38.3 Å². The minimum atomic E-state index is -0.150. The van der Waals surface area contributed by atoms with Gasteiger partial charge in [-0.2, -0.15) is 0 Å². The van der Waals surface area contributed by atoms with Gasteiger partial charge in [0, 0.05) is 17.5 Å². The molecule has 1 aromatic rings. The third kappa shape index (κ3) is 1.54. The minimum Gasteiger partial charge on any atom is -0.469 e. The molecule has 0 radical (unpaired) electrons. The highest BCUT2D eigenvalue weighted by atomic mass is 16.5. The van der Waals surface area contributed by atoms with Gasteiger partial charge in [0.2, 0.25) is 0 Å². The van der Waals surface area contributed by atoms with E-state index >= 15 is 0 Å². The number of rotatable bonds is 2. The van der Waals surface area contributed by atoms with Gasteiger partial charge in [-0.1, -0.05) is 18.2 Å². The Morgan fingerprint density at radius 1 is 1.22 bits per heavy atom. The fraction of sp³-hybridized carbons (Fsp3) is 0.696. The second kappa shape index (κ2) is 4.89. The molecule has 2 bridgehead atoms. The summed E-state index contributed by atoms with van der Waals surface area (Å²) < 4.78 is 6.67. The van der Waals surface area contributed by atoms with Gasteiger partial charge in [0.15, 0.2) is 0 Å². The molecule has 4 unspecified atom stereocenters. The van der Waals surface area contributed by atoms with E-state index in [1.807, 2.05) is 0 Å². The van der Waals surface area contributed by atoms with Crippen molar-refractivity contribution in [3.63, 3.8) is 0 Å². The van der Waals surface area contributed by atoms with Crippen molar-refractivity contribution in [3.05, 3.63) is 29.8 Å². The second-order valence-corrected chi connectivity index (χ2v) is 9.99. The molecule has 4 nitrogen and oxygen atoms in total. The molecule has 2 saturated heterocycles. The van der Waals surface area contributed by atoms with Crippen molar-refractivity contribution in [1.29, 1.82) is 0 Å². The van der Waals surface area contributed by atoms with Gasteiger partial charge in [0.05, 0.1) is 43.6 Å². The van der Waals surface area contributed by atoms with E-state index < -0.39 is 0 Å². The standard InChI is InChI=1S/C23H31N2O2/c1-3-25-13-6-9-21-10-11-23(17(15-21)19(26)27-2)22(12-14-25,20(21)25)16-7-4-5-8-18(16)24-23/h4-5,7-8,17,20,24H,3,6,9-15H2,1-2H3/q+1/t17?,20-,21?,22+,23?,25?/m0/s1. The smallest absolute Gasteiger partial charge is 0.311 e. The number of piperidine rings is 1. The van der Waals surface area contributed by atoms with Gasteiger partial charge in [-0.05, 0) is 50.7 Å². The first-order chi connectivity index (χ1) is 13.1. The van der Waals surface area contributed by atoms with E-state index in [1.54, 1.807) is 7.11 Å². The Labute approximate surface area is 161 Å². The molecular formula is C23H31N2O2+. The molecule has 7 rings (SSSR count). The molecule has 3 heterocycles. The van der Waals surface area contributed by atoms with Crippen LogP contribution in [0, 0.1) is 11.3 Å². The lowest BCUT2D eigenvalue weighted by Crippen LogP contribution is -2.80. The van der Waals surface area contributed by atoms with Gasteiger partial charge >= 0.3 is 5.97 Å². The van der Waals surface area contributed by atoms with Gasteiger partial charge in [0.1, 0.15) is 6.04 Å². The number of methoxy groups -OCH3 is 1. The SMILES string of the molecule is CC[N+]12CCCC34CCC5(Nc6ccccc6[C@]5(CC1)[C@H]32)C(C(=O)OC)C4. The predicted octanol–water partition coefficient (Wildman–Crippen LogP) is 3.46. The predicted molar refractivity (Wildman–Crippen MR) is 104 cm³/mol. The molecule has 1 aromatic carbocycles. The molecule has 4 heteroatoms. The fourth-order valence-corrected chi connectivity index (χ4v) is 9.07. The summed E-state index contributed by atoms with van der Waals surface area (Å²) in [6.45, 7) is 6.23. The molecule has 3 spiro atoms. The van der Waals surface area contributed by atoms with Crippen LogP contribution in [0.4, 0.5) is 5.69 Å². The number of ether oxygens (including phenoxy) is 1. The van der Waals surface area contributed by atoms with E-state index in [1.165, 1.54) is 61.1 Å². The summed E-state index contributed by atoms with van der Waals surface area (Å²) in [6, 6.07) is 9.62. The van der Waals surface area contributed by atoms with E-state index in [0.29, 0.717) is 11.5 Å². The molecule has 3 aliphatic carbocycles. The van der Waals surface area contributed by atoms with Crippen molar-refractivity contribution < 1.29 is 14.0 Å². The number of nitrogens with zero attached hydrogens (tertiary/aromatic N) is 1. The van der Waals surface area contributed by atoms with Crippen molar-refractivity contribution in [2.75, 3.05) is 32.1 Å². The van der Waals surface area contributed by atoms with Crippen LogP contribution in [0.5, 0.6) is 0 Å². The summed E-state index contributed by atoms with van der Waals surface area (Å²) in [5.74, 6) is -0.00543. The average Bonchev–Trinajstić information content (AvgIpc) is 3.23. The lowest BCUT2D eigenvalue weighted by atomic mass is 9.38. The Morgan fingerprint density at radius 2 is 2.07 bits per heavy atom. The molecule has 6 atom stereocenters. The molecular weight excluding hydrogens is 336 g/mol.